The Bertz CT molecular complexity index is 403. The van der Waals surface area contributed by atoms with Gasteiger partial charge in [-0.1, -0.05) is 16.0 Å². The minimum Gasteiger partial charge on any atom is -0.591 e. The van der Waals surface area contributed by atoms with E-state index in [9.17, 15) is 8.94 Å². The van der Waals surface area contributed by atoms with Gasteiger partial charge in [-0.2, -0.15) is 0 Å². The van der Waals surface area contributed by atoms with E-state index in [1.54, 1.807) is 0 Å². The molecule has 88 valence electrons. The van der Waals surface area contributed by atoms with Crippen LogP contribution in [0.5, 0.6) is 0 Å². The number of halogens is 2. The SMILES string of the molecule is CC(C)(C)[S@+]([O-])/N=C/c1ccc(F)cc1Cl. The van der Waals surface area contributed by atoms with Crippen LogP contribution in [-0.4, -0.2) is 15.5 Å². The molecule has 0 saturated carbocycles. The molecule has 0 amide bonds. The van der Waals surface area contributed by atoms with E-state index in [-0.39, 0.29) is 5.02 Å². The lowest BCUT2D eigenvalue weighted by Gasteiger charge is -2.17. The summed E-state index contributed by atoms with van der Waals surface area (Å²) in [6.45, 7) is 5.48. The average Bonchev–Trinajstić information content (AvgIpc) is 2.14. The van der Waals surface area contributed by atoms with Gasteiger partial charge in [0, 0.05) is 5.56 Å². The molecule has 0 aliphatic rings. The van der Waals surface area contributed by atoms with Gasteiger partial charge in [-0.3, -0.25) is 0 Å². The summed E-state index contributed by atoms with van der Waals surface area (Å²) >= 11 is 4.46. The first kappa shape index (κ1) is 13.5. The molecule has 1 aromatic carbocycles. The third-order valence-corrected chi connectivity index (χ3v) is 3.45. The fourth-order valence-corrected chi connectivity index (χ4v) is 1.61. The van der Waals surface area contributed by atoms with Gasteiger partial charge in [-0.15, -0.1) is 0 Å². The smallest absolute Gasteiger partial charge is 0.144 e. The van der Waals surface area contributed by atoms with Crippen LogP contribution >= 0.6 is 11.6 Å². The van der Waals surface area contributed by atoms with Crippen LogP contribution in [0, 0.1) is 5.82 Å². The highest BCUT2D eigenvalue weighted by atomic mass is 35.5. The Hall–Kier alpha value is -0.580. The molecule has 0 aliphatic heterocycles. The predicted molar refractivity (Wildman–Crippen MR) is 66.9 cm³/mol. The molecule has 1 atom stereocenters. The third-order valence-electron chi connectivity index (χ3n) is 1.77. The van der Waals surface area contributed by atoms with Gasteiger partial charge in [0.25, 0.3) is 0 Å². The zero-order valence-electron chi connectivity index (χ0n) is 9.33. The van der Waals surface area contributed by atoms with Crippen LogP contribution in [0.4, 0.5) is 4.39 Å². The summed E-state index contributed by atoms with van der Waals surface area (Å²) < 4.78 is 27.8. The zero-order valence-corrected chi connectivity index (χ0v) is 10.9. The highest BCUT2D eigenvalue weighted by molar-refractivity contribution is 7.91. The van der Waals surface area contributed by atoms with Crippen LogP contribution in [0.2, 0.25) is 5.02 Å². The van der Waals surface area contributed by atoms with E-state index in [1.165, 1.54) is 24.4 Å². The van der Waals surface area contributed by atoms with Crippen LogP contribution in [0.15, 0.2) is 22.6 Å². The number of hydrogen-bond donors (Lipinski definition) is 0. The molecular weight excluding hydrogens is 249 g/mol. The van der Waals surface area contributed by atoms with Crippen molar-refractivity contribution in [2.75, 3.05) is 0 Å². The Morgan fingerprint density at radius 3 is 2.56 bits per heavy atom. The second kappa shape index (κ2) is 5.17. The van der Waals surface area contributed by atoms with Gasteiger partial charge in [-0.05, 0) is 39.0 Å². The fourth-order valence-electron chi connectivity index (χ4n) is 0.869. The number of rotatable bonds is 2. The highest BCUT2D eigenvalue weighted by Gasteiger charge is 2.25. The summed E-state index contributed by atoms with van der Waals surface area (Å²) in [6.07, 6.45) is 1.41. The third kappa shape index (κ3) is 3.77. The van der Waals surface area contributed by atoms with E-state index in [0.717, 1.165) is 0 Å². The van der Waals surface area contributed by atoms with Crippen LogP contribution < -0.4 is 0 Å². The standard InChI is InChI=1S/C11H13ClFNOS/c1-11(2,3)16(15)14-7-8-4-5-9(13)6-10(8)12/h4-7H,1-3H3/b14-7+/t16-/m0/s1. The molecular formula is C11H13ClFNOS. The van der Waals surface area contributed by atoms with E-state index in [4.69, 9.17) is 11.6 Å². The first-order valence-electron chi connectivity index (χ1n) is 4.72. The molecule has 0 heterocycles. The van der Waals surface area contributed by atoms with Gasteiger partial charge in [0.1, 0.15) is 21.9 Å². The summed E-state index contributed by atoms with van der Waals surface area (Å²) in [6, 6.07) is 3.98. The highest BCUT2D eigenvalue weighted by Crippen LogP contribution is 2.19. The Morgan fingerprint density at radius 2 is 2.06 bits per heavy atom. The maximum absolute atomic E-state index is 12.7. The second-order valence-corrected chi connectivity index (χ2v) is 6.60. The van der Waals surface area contributed by atoms with Crippen LogP contribution in [-0.2, 0) is 11.4 Å². The lowest BCUT2D eigenvalue weighted by Crippen LogP contribution is -2.25. The van der Waals surface area contributed by atoms with E-state index in [1.807, 2.05) is 20.8 Å². The molecule has 0 saturated heterocycles. The van der Waals surface area contributed by atoms with Crippen molar-refractivity contribution in [2.24, 2.45) is 4.40 Å². The normalized spacial score (nSPS) is 14.4. The predicted octanol–water partition coefficient (Wildman–Crippen LogP) is 3.36. The number of hydrogen-bond acceptors (Lipinski definition) is 2. The van der Waals surface area contributed by atoms with Crippen LogP contribution in [0.1, 0.15) is 26.3 Å². The number of nitrogens with zero attached hydrogens (tertiary/aromatic N) is 1. The van der Waals surface area contributed by atoms with E-state index in [0.29, 0.717) is 5.56 Å². The van der Waals surface area contributed by atoms with Gasteiger partial charge in [0.05, 0.1) is 11.2 Å². The lowest BCUT2D eigenvalue weighted by atomic mass is 10.2. The monoisotopic (exact) mass is 261 g/mol. The average molecular weight is 262 g/mol. The summed E-state index contributed by atoms with van der Waals surface area (Å²) in [5, 5.41) is 0.259. The Labute approximate surface area is 103 Å². The molecule has 0 spiro atoms. The molecule has 1 rings (SSSR count). The van der Waals surface area contributed by atoms with Gasteiger partial charge in [-0.25, -0.2) is 4.39 Å². The molecule has 0 unspecified atom stereocenters. The van der Waals surface area contributed by atoms with Crippen LogP contribution in [0.25, 0.3) is 0 Å². The van der Waals surface area contributed by atoms with Gasteiger partial charge in [0.15, 0.2) is 0 Å². The minimum atomic E-state index is -1.33. The molecule has 1 aromatic rings. The maximum atomic E-state index is 12.7. The van der Waals surface area contributed by atoms with Crippen molar-refractivity contribution in [2.45, 2.75) is 25.5 Å². The van der Waals surface area contributed by atoms with Crippen LogP contribution in [0.3, 0.4) is 0 Å². The fraction of sp³-hybridized carbons (Fsp3) is 0.364. The summed E-state index contributed by atoms with van der Waals surface area (Å²) in [4.78, 5) is 0. The van der Waals surface area contributed by atoms with Crippen molar-refractivity contribution in [3.05, 3.63) is 34.6 Å². The maximum Gasteiger partial charge on any atom is 0.144 e. The summed E-state index contributed by atoms with van der Waals surface area (Å²) in [7, 11) is 0. The van der Waals surface area contributed by atoms with Gasteiger partial charge < -0.3 is 4.55 Å². The molecule has 16 heavy (non-hydrogen) atoms. The molecule has 2 nitrogen and oxygen atoms in total. The summed E-state index contributed by atoms with van der Waals surface area (Å²) in [5.41, 5.74) is 0.556. The Balaban J connectivity index is 2.85. The van der Waals surface area contributed by atoms with Crippen molar-refractivity contribution in [3.8, 4) is 0 Å². The first-order chi connectivity index (χ1) is 7.30. The molecule has 0 aromatic heterocycles. The first-order valence-corrected chi connectivity index (χ1v) is 6.20. The van der Waals surface area contributed by atoms with E-state index >= 15 is 0 Å². The largest absolute Gasteiger partial charge is 0.591 e. The molecule has 0 bridgehead atoms. The van der Waals surface area contributed by atoms with Crippen molar-refractivity contribution in [3.63, 3.8) is 0 Å². The molecule has 0 fully saturated rings. The van der Waals surface area contributed by atoms with Gasteiger partial charge >= 0.3 is 0 Å². The zero-order chi connectivity index (χ0) is 12.3. The van der Waals surface area contributed by atoms with Crippen molar-refractivity contribution in [1.82, 2.24) is 0 Å². The molecule has 0 radical (unpaired) electrons. The number of benzene rings is 1. The van der Waals surface area contributed by atoms with Crippen molar-refractivity contribution < 1.29 is 8.94 Å². The molecule has 0 N–H and O–H groups in total. The van der Waals surface area contributed by atoms with E-state index in [2.05, 4.69) is 4.40 Å². The Kier molecular flexibility index (Phi) is 4.35. The minimum absolute atomic E-state index is 0.259. The quantitative estimate of drug-likeness (QED) is 0.594. The molecule has 5 heteroatoms. The molecule has 0 aliphatic carbocycles. The second-order valence-electron chi connectivity index (χ2n) is 4.26. The van der Waals surface area contributed by atoms with Gasteiger partial charge in [0.2, 0.25) is 0 Å². The topological polar surface area (TPSA) is 35.4 Å². The van der Waals surface area contributed by atoms with Crippen molar-refractivity contribution in [1.29, 1.82) is 0 Å². The Morgan fingerprint density at radius 1 is 1.44 bits per heavy atom. The summed E-state index contributed by atoms with van der Waals surface area (Å²) in [5.74, 6) is -0.404. The van der Waals surface area contributed by atoms with E-state index < -0.39 is 21.9 Å². The van der Waals surface area contributed by atoms with Crippen molar-refractivity contribution >= 4 is 29.2 Å². The lowest BCUT2D eigenvalue weighted by molar-refractivity contribution is 0.562.